The Morgan fingerprint density at radius 2 is 0.730 bits per heavy atom. The van der Waals surface area contributed by atoms with E-state index in [1.165, 1.54) is 205 Å². The first-order valence-electron chi connectivity index (χ1n) is 31.3. The Kier molecular flexibility index (Phi) is 54.2. The summed E-state index contributed by atoms with van der Waals surface area (Å²) in [6.45, 7) is 4.26. The van der Waals surface area contributed by atoms with Gasteiger partial charge in [0.15, 0.2) is 6.10 Å². The molecule has 2 atom stereocenters. The summed E-state index contributed by atoms with van der Waals surface area (Å²) in [7, 11) is 1.17. The molecule has 0 amide bonds. The van der Waals surface area contributed by atoms with Gasteiger partial charge in [0.2, 0.25) is 0 Å². The minimum absolute atomic E-state index is 0.0316. The zero-order chi connectivity index (χ0) is 54.2. The summed E-state index contributed by atoms with van der Waals surface area (Å²) in [5.74, 6) is -0.827. The molecule has 10 heteroatoms. The number of ether oxygens (including phenoxy) is 2. The Labute approximate surface area is 458 Å². The van der Waals surface area contributed by atoms with Crippen molar-refractivity contribution in [1.29, 1.82) is 0 Å². The van der Waals surface area contributed by atoms with E-state index in [1.807, 2.05) is 21.1 Å². The number of esters is 2. The van der Waals surface area contributed by atoms with Gasteiger partial charge in [0.25, 0.3) is 7.82 Å². The van der Waals surface area contributed by atoms with Crippen LogP contribution in [0.15, 0.2) is 48.6 Å². The fraction of sp³-hybridized carbons (Fsp3) is 0.844. The molecule has 0 fully saturated rings. The summed E-state index contributed by atoms with van der Waals surface area (Å²) >= 11 is 0. The molecule has 0 radical (unpaired) electrons. The van der Waals surface area contributed by atoms with Crippen LogP contribution in [0, 0.1) is 0 Å². The van der Waals surface area contributed by atoms with Crippen LogP contribution in [0.2, 0.25) is 0 Å². The van der Waals surface area contributed by atoms with Crippen molar-refractivity contribution in [2.24, 2.45) is 0 Å². The highest BCUT2D eigenvalue weighted by atomic mass is 31.2. The van der Waals surface area contributed by atoms with Gasteiger partial charge in [0, 0.05) is 12.8 Å². The van der Waals surface area contributed by atoms with Crippen molar-refractivity contribution in [3.63, 3.8) is 0 Å². The third-order valence-corrected chi connectivity index (χ3v) is 14.8. The van der Waals surface area contributed by atoms with E-state index in [4.69, 9.17) is 18.5 Å². The van der Waals surface area contributed by atoms with Gasteiger partial charge in [-0.2, -0.15) is 0 Å². The van der Waals surface area contributed by atoms with E-state index in [0.717, 1.165) is 57.8 Å². The molecule has 0 aromatic carbocycles. The Morgan fingerprint density at radius 3 is 1.09 bits per heavy atom. The zero-order valence-electron chi connectivity index (χ0n) is 49.3. The maximum atomic E-state index is 12.8. The number of carbonyl (C=O) groups is 2. The van der Waals surface area contributed by atoms with Gasteiger partial charge in [-0.25, -0.2) is 0 Å². The van der Waals surface area contributed by atoms with Crippen molar-refractivity contribution in [2.45, 2.75) is 302 Å². The summed E-state index contributed by atoms with van der Waals surface area (Å²) in [5, 5.41) is 0. The highest BCUT2D eigenvalue weighted by molar-refractivity contribution is 7.45. The molecule has 0 rings (SSSR count). The Bertz CT molecular complexity index is 1390. The molecule has 0 aromatic heterocycles. The smallest absolute Gasteiger partial charge is 0.306 e. The standard InChI is InChI=1S/C64H120NO8P/c1-6-8-10-12-14-16-18-20-22-24-26-28-30-32-34-36-38-40-42-44-46-48-50-52-54-56-63(66)70-60-62(61-72-74(68,69)71-59-58-65(3,4)5)73-64(67)57-55-53-51-49-47-45-43-41-39-37-35-33-31-29-27-25-23-21-19-17-15-13-11-9-7-2/h19,21,24-27,31,33,62H,6-18,20,22-23,28-30,32,34-61H2,1-5H3/b21-19-,26-24-,27-25-,33-31-. The Hall–Kier alpha value is -2.03. The van der Waals surface area contributed by atoms with Gasteiger partial charge in [-0.3, -0.25) is 14.2 Å². The number of carbonyl (C=O) groups excluding carboxylic acids is 2. The van der Waals surface area contributed by atoms with Gasteiger partial charge in [0.05, 0.1) is 27.7 Å². The maximum absolute atomic E-state index is 12.8. The van der Waals surface area contributed by atoms with Gasteiger partial charge in [-0.15, -0.1) is 0 Å². The molecule has 9 nitrogen and oxygen atoms in total. The first-order valence-corrected chi connectivity index (χ1v) is 32.8. The summed E-state index contributed by atoms with van der Waals surface area (Å²) in [4.78, 5) is 37.9. The molecule has 0 spiro atoms. The second-order valence-corrected chi connectivity index (χ2v) is 23.8. The van der Waals surface area contributed by atoms with Gasteiger partial charge in [-0.05, 0) is 77.0 Å². The van der Waals surface area contributed by atoms with Crippen LogP contribution in [0.1, 0.15) is 296 Å². The second kappa shape index (κ2) is 55.7. The fourth-order valence-electron chi connectivity index (χ4n) is 8.95. The monoisotopic (exact) mass is 1060 g/mol. The van der Waals surface area contributed by atoms with Crippen LogP contribution in [-0.2, 0) is 32.7 Å². The van der Waals surface area contributed by atoms with Crippen molar-refractivity contribution < 1.29 is 42.1 Å². The van der Waals surface area contributed by atoms with E-state index in [0.29, 0.717) is 17.4 Å². The molecule has 0 heterocycles. The Morgan fingerprint density at radius 1 is 0.419 bits per heavy atom. The summed E-state index contributed by atoms with van der Waals surface area (Å²) < 4.78 is 34.2. The van der Waals surface area contributed by atoms with Crippen LogP contribution in [0.3, 0.4) is 0 Å². The lowest BCUT2D eigenvalue weighted by molar-refractivity contribution is -0.870. The number of hydrogen-bond donors (Lipinski definition) is 0. The third-order valence-electron chi connectivity index (χ3n) is 13.8. The molecule has 0 bridgehead atoms. The van der Waals surface area contributed by atoms with Crippen LogP contribution < -0.4 is 4.89 Å². The third kappa shape index (κ3) is 59.2. The molecule has 0 aliphatic carbocycles. The average molecular weight is 1060 g/mol. The minimum Gasteiger partial charge on any atom is -0.756 e. The number of phosphoric ester groups is 1. The molecule has 0 saturated heterocycles. The maximum Gasteiger partial charge on any atom is 0.306 e. The topological polar surface area (TPSA) is 111 Å². The molecule has 0 saturated carbocycles. The van der Waals surface area contributed by atoms with Crippen molar-refractivity contribution in [3.8, 4) is 0 Å². The van der Waals surface area contributed by atoms with Crippen LogP contribution in [0.5, 0.6) is 0 Å². The fourth-order valence-corrected chi connectivity index (χ4v) is 9.68. The lowest BCUT2D eigenvalue weighted by Crippen LogP contribution is -2.37. The molecule has 2 unspecified atom stereocenters. The van der Waals surface area contributed by atoms with E-state index in [1.54, 1.807) is 0 Å². The first-order chi connectivity index (χ1) is 36.0. The van der Waals surface area contributed by atoms with Crippen molar-refractivity contribution in [2.75, 3.05) is 47.5 Å². The van der Waals surface area contributed by atoms with Crippen molar-refractivity contribution >= 4 is 19.8 Å². The average Bonchev–Trinajstić information content (AvgIpc) is 3.36. The summed E-state index contributed by atoms with van der Waals surface area (Å²) in [6.07, 6.45) is 70.2. The molecule has 0 aromatic rings. The second-order valence-electron chi connectivity index (χ2n) is 22.4. The van der Waals surface area contributed by atoms with E-state index in [9.17, 15) is 19.0 Å². The molecule has 0 aliphatic rings. The summed E-state index contributed by atoms with van der Waals surface area (Å²) in [5.41, 5.74) is 0. The molecule has 0 N–H and O–H groups in total. The normalized spacial score (nSPS) is 13.5. The number of quaternary nitrogens is 1. The highest BCUT2D eigenvalue weighted by Gasteiger charge is 2.22. The van der Waals surface area contributed by atoms with Crippen molar-refractivity contribution in [1.82, 2.24) is 0 Å². The van der Waals surface area contributed by atoms with E-state index < -0.39 is 26.5 Å². The lowest BCUT2D eigenvalue weighted by Gasteiger charge is -2.28. The minimum atomic E-state index is -4.64. The number of phosphoric acid groups is 1. The number of allylic oxidation sites excluding steroid dienone is 8. The zero-order valence-corrected chi connectivity index (χ0v) is 50.2. The number of likely N-dealkylation sites (N-methyl/N-ethyl adjacent to an activating group) is 1. The van der Waals surface area contributed by atoms with Crippen LogP contribution in [0.4, 0.5) is 0 Å². The number of nitrogens with zero attached hydrogens (tertiary/aromatic N) is 1. The van der Waals surface area contributed by atoms with Crippen molar-refractivity contribution in [3.05, 3.63) is 48.6 Å². The number of rotatable bonds is 58. The molecular weight excluding hydrogens is 942 g/mol. The summed E-state index contributed by atoms with van der Waals surface area (Å²) in [6, 6.07) is 0. The van der Waals surface area contributed by atoms with Gasteiger partial charge in [0.1, 0.15) is 19.8 Å². The molecule has 0 aliphatic heterocycles. The molecule has 434 valence electrons. The van der Waals surface area contributed by atoms with Crippen LogP contribution in [-0.4, -0.2) is 70.0 Å². The Balaban J connectivity index is 4.12. The first kappa shape index (κ1) is 72.0. The molecular formula is C64H120NO8P. The van der Waals surface area contributed by atoms with E-state index in [-0.39, 0.29) is 32.0 Å². The van der Waals surface area contributed by atoms with Gasteiger partial charge < -0.3 is 27.9 Å². The molecule has 74 heavy (non-hydrogen) atoms. The quantitative estimate of drug-likeness (QED) is 0.0195. The van der Waals surface area contributed by atoms with Crippen LogP contribution in [0.25, 0.3) is 0 Å². The predicted molar refractivity (Wildman–Crippen MR) is 314 cm³/mol. The van der Waals surface area contributed by atoms with Crippen LogP contribution >= 0.6 is 7.82 Å². The van der Waals surface area contributed by atoms with Gasteiger partial charge >= 0.3 is 11.9 Å². The number of unbranched alkanes of at least 4 members (excludes halogenated alkanes) is 36. The number of hydrogen-bond acceptors (Lipinski definition) is 8. The van der Waals surface area contributed by atoms with E-state index in [2.05, 4.69) is 62.5 Å². The lowest BCUT2D eigenvalue weighted by atomic mass is 10.0. The highest BCUT2D eigenvalue weighted by Crippen LogP contribution is 2.38. The van der Waals surface area contributed by atoms with Gasteiger partial charge in [-0.1, -0.05) is 255 Å². The predicted octanol–water partition coefficient (Wildman–Crippen LogP) is 19.1. The van der Waals surface area contributed by atoms with E-state index >= 15 is 0 Å². The SMILES string of the molecule is CCCCCCC/C=C\C/C=C\C/C=C\CCCCCCCCCCCCC(=O)OC(COC(=O)CCCCCCCCCCCCCCC/C=C\CCCCCCCCCC)COP(=O)([O-])OCC[N+](C)(C)C. The largest absolute Gasteiger partial charge is 0.756 e.